The lowest BCUT2D eigenvalue weighted by Crippen LogP contribution is -2.24. The van der Waals surface area contributed by atoms with E-state index in [-0.39, 0.29) is 24.3 Å². The summed E-state index contributed by atoms with van der Waals surface area (Å²) in [7, 11) is 1.30. The van der Waals surface area contributed by atoms with Crippen LogP contribution in [0.25, 0.3) is 10.4 Å². The first-order valence-corrected chi connectivity index (χ1v) is 13.5. The molecule has 1 aromatic heterocycles. The van der Waals surface area contributed by atoms with E-state index in [9.17, 15) is 14.0 Å². The number of carbonyl (C=O) groups excluding carboxylic acids is 2. The second-order valence-electron chi connectivity index (χ2n) is 9.85. The third kappa shape index (κ3) is 6.38. The minimum Gasteiger partial charge on any atom is -0.493 e. The number of halogens is 1. The predicted molar refractivity (Wildman–Crippen MR) is 145 cm³/mol. The Morgan fingerprint density at radius 2 is 2.03 bits per heavy atom. The van der Waals surface area contributed by atoms with Crippen molar-refractivity contribution in [1.29, 1.82) is 0 Å². The number of methoxy groups -OCH3 is 1. The second-order valence-corrected chi connectivity index (χ2v) is 10.9. The Labute approximate surface area is 229 Å². The van der Waals surface area contributed by atoms with E-state index < -0.39 is 35.3 Å². The van der Waals surface area contributed by atoms with Crippen LogP contribution < -0.4 is 19.7 Å². The van der Waals surface area contributed by atoms with Crippen LogP contribution in [0.15, 0.2) is 42.6 Å². The SMILES string of the molecule is COc1cc(C(=O)Nc2ncc(-c3cccc(N4CCCC4)c3)s2)cc(F)c1OC(=O)CC1COC(C)(C)O1. The molecule has 2 saturated heterocycles. The van der Waals surface area contributed by atoms with Crippen LogP contribution in [0.1, 0.15) is 43.5 Å². The lowest BCUT2D eigenvalue weighted by molar-refractivity contribution is -0.148. The molecule has 0 saturated carbocycles. The van der Waals surface area contributed by atoms with Crippen molar-refractivity contribution < 1.29 is 32.9 Å². The molecular formula is C28H30FN3O6S. The van der Waals surface area contributed by atoms with Gasteiger partial charge in [-0.3, -0.25) is 14.9 Å². The molecule has 39 heavy (non-hydrogen) atoms. The van der Waals surface area contributed by atoms with Gasteiger partial charge in [-0.1, -0.05) is 23.5 Å². The third-order valence-electron chi connectivity index (χ3n) is 6.50. The van der Waals surface area contributed by atoms with Gasteiger partial charge in [-0.25, -0.2) is 9.37 Å². The molecule has 2 aliphatic rings. The summed E-state index contributed by atoms with van der Waals surface area (Å²) < 4.78 is 36.5. The summed E-state index contributed by atoms with van der Waals surface area (Å²) in [5, 5.41) is 3.08. The molecule has 0 radical (unpaired) electrons. The molecular weight excluding hydrogens is 525 g/mol. The fraction of sp³-hybridized carbons (Fsp3) is 0.393. The van der Waals surface area contributed by atoms with Gasteiger partial charge in [0.25, 0.3) is 5.91 Å². The highest BCUT2D eigenvalue weighted by Crippen LogP contribution is 2.35. The van der Waals surface area contributed by atoms with Gasteiger partial charge in [0.05, 0.1) is 31.1 Å². The Morgan fingerprint density at radius 1 is 1.23 bits per heavy atom. The molecule has 5 rings (SSSR count). The standard InChI is InChI=1S/C28H30FN3O6S/c1-28(2)36-16-20(38-28)14-24(33)37-25-21(29)12-18(13-22(25)35-3)26(34)31-27-30-15-23(39-27)17-7-6-8-19(11-17)32-9-4-5-10-32/h6-8,11-13,15,20H,4-5,9-10,14,16H2,1-3H3,(H,30,31,34). The number of carbonyl (C=O) groups is 2. The van der Waals surface area contributed by atoms with Crippen molar-refractivity contribution in [2.75, 3.05) is 37.0 Å². The number of thiazole rings is 1. The van der Waals surface area contributed by atoms with Crippen molar-refractivity contribution in [3.8, 4) is 21.9 Å². The maximum absolute atomic E-state index is 15.0. The molecule has 2 fully saturated rings. The number of hydrogen-bond donors (Lipinski definition) is 1. The average Bonchev–Trinajstić information content (AvgIpc) is 3.67. The fourth-order valence-electron chi connectivity index (χ4n) is 4.62. The van der Waals surface area contributed by atoms with Crippen LogP contribution in [-0.2, 0) is 14.3 Å². The molecule has 1 unspecified atom stereocenters. The van der Waals surface area contributed by atoms with E-state index in [2.05, 4.69) is 27.3 Å². The molecule has 2 aliphatic heterocycles. The van der Waals surface area contributed by atoms with Gasteiger partial charge in [-0.2, -0.15) is 0 Å². The maximum atomic E-state index is 15.0. The van der Waals surface area contributed by atoms with E-state index in [0.717, 1.165) is 29.6 Å². The Hall–Kier alpha value is -3.54. The molecule has 1 atom stereocenters. The number of nitrogens with zero attached hydrogens (tertiary/aromatic N) is 2. The maximum Gasteiger partial charge on any atom is 0.314 e. The van der Waals surface area contributed by atoms with Crippen LogP contribution in [0.5, 0.6) is 11.5 Å². The number of benzene rings is 2. The molecule has 9 nitrogen and oxygen atoms in total. The summed E-state index contributed by atoms with van der Waals surface area (Å²) in [5.74, 6) is -3.47. The van der Waals surface area contributed by atoms with Crippen molar-refractivity contribution in [2.45, 2.75) is 45.0 Å². The zero-order valence-corrected chi connectivity index (χ0v) is 22.8. The Bertz CT molecular complexity index is 1370. The van der Waals surface area contributed by atoms with Crippen LogP contribution in [0, 0.1) is 5.82 Å². The van der Waals surface area contributed by atoms with Crippen LogP contribution in [0.2, 0.25) is 0 Å². The molecule has 3 aromatic rings. The highest BCUT2D eigenvalue weighted by atomic mass is 32.1. The van der Waals surface area contributed by atoms with Gasteiger partial charge >= 0.3 is 5.97 Å². The lowest BCUT2D eigenvalue weighted by atomic mass is 10.1. The quantitative estimate of drug-likeness (QED) is 0.297. The lowest BCUT2D eigenvalue weighted by Gasteiger charge is -2.18. The van der Waals surface area contributed by atoms with Crippen LogP contribution >= 0.6 is 11.3 Å². The average molecular weight is 556 g/mol. The van der Waals surface area contributed by atoms with Gasteiger partial charge in [0, 0.05) is 30.5 Å². The van der Waals surface area contributed by atoms with Gasteiger partial charge < -0.3 is 23.8 Å². The molecule has 11 heteroatoms. The van der Waals surface area contributed by atoms with Crippen molar-refractivity contribution in [3.05, 3.63) is 54.0 Å². The molecule has 0 bridgehead atoms. The van der Waals surface area contributed by atoms with E-state index in [1.54, 1.807) is 20.0 Å². The summed E-state index contributed by atoms with van der Waals surface area (Å²) in [6.45, 7) is 5.80. The number of ether oxygens (including phenoxy) is 4. The van der Waals surface area contributed by atoms with Crippen molar-refractivity contribution >= 4 is 34.0 Å². The third-order valence-corrected chi connectivity index (χ3v) is 7.46. The van der Waals surface area contributed by atoms with E-state index in [1.165, 1.54) is 43.0 Å². The topological polar surface area (TPSA) is 99.2 Å². The smallest absolute Gasteiger partial charge is 0.314 e. The van der Waals surface area contributed by atoms with Gasteiger partial charge in [-0.05, 0) is 56.5 Å². The summed E-state index contributed by atoms with van der Waals surface area (Å²) >= 11 is 1.32. The predicted octanol–water partition coefficient (Wildman–Crippen LogP) is 5.26. The number of esters is 1. The second kappa shape index (κ2) is 11.3. The summed E-state index contributed by atoms with van der Waals surface area (Å²) in [6, 6.07) is 10.5. The van der Waals surface area contributed by atoms with Crippen LogP contribution in [0.4, 0.5) is 15.2 Å². The number of anilines is 2. The summed E-state index contributed by atoms with van der Waals surface area (Å²) in [4.78, 5) is 32.9. The molecule has 3 heterocycles. The number of rotatable bonds is 8. The van der Waals surface area contributed by atoms with E-state index in [1.807, 2.05) is 12.1 Å². The molecule has 1 N–H and O–H groups in total. The van der Waals surface area contributed by atoms with Crippen molar-refractivity contribution in [1.82, 2.24) is 4.98 Å². The molecule has 2 aromatic carbocycles. The van der Waals surface area contributed by atoms with E-state index >= 15 is 0 Å². The Kier molecular flexibility index (Phi) is 7.83. The summed E-state index contributed by atoms with van der Waals surface area (Å²) in [5.41, 5.74) is 2.17. The van der Waals surface area contributed by atoms with E-state index in [4.69, 9.17) is 18.9 Å². The Morgan fingerprint density at radius 3 is 2.74 bits per heavy atom. The largest absolute Gasteiger partial charge is 0.493 e. The number of amides is 1. The number of aromatic nitrogens is 1. The van der Waals surface area contributed by atoms with Gasteiger partial charge in [0.15, 0.2) is 22.5 Å². The first-order valence-electron chi connectivity index (χ1n) is 12.7. The monoisotopic (exact) mass is 555 g/mol. The zero-order valence-electron chi connectivity index (χ0n) is 22.0. The van der Waals surface area contributed by atoms with Gasteiger partial charge in [-0.15, -0.1) is 0 Å². The normalized spacial score (nSPS) is 18.3. The van der Waals surface area contributed by atoms with Crippen molar-refractivity contribution in [3.63, 3.8) is 0 Å². The molecule has 0 spiro atoms. The van der Waals surface area contributed by atoms with Gasteiger partial charge in [0.1, 0.15) is 0 Å². The zero-order chi connectivity index (χ0) is 27.6. The van der Waals surface area contributed by atoms with Crippen molar-refractivity contribution in [2.24, 2.45) is 0 Å². The Balaban J connectivity index is 1.25. The molecule has 0 aliphatic carbocycles. The summed E-state index contributed by atoms with van der Waals surface area (Å²) in [6.07, 6.45) is 3.46. The minimum atomic E-state index is -0.907. The highest BCUT2D eigenvalue weighted by Gasteiger charge is 2.34. The molecule has 206 valence electrons. The van der Waals surface area contributed by atoms with Crippen LogP contribution in [-0.4, -0.2) is 55.6 Å². The number of hydrogen-bond acceptors (Lipinski definition) is 9. The van der Waals surface area contributed by atoms with E-state index in [0.29, 0.717) is 5.13 Å². The minimum absolute atomic E-state index is 0.00814. The first kappa shape index (κ1) is 27.0. The van der Waals surface area contributed by atoms with Gasteiger partial charge in [0.2, 0.25) is 5.75 Å². The highest BCUT2D eigenvalue weighted by molar-refractivity contribution is 7.19. The fourth-order valence-corrected chi connectivity index (χ4v) is 5.43. The number of nitrogens with one attached hydrogen (secondary N) is 1. The first-order chi connectivity index (χ1) is 18.7. The molecule has 1 amide bonds. The van der Waals surface area contributed by atoms with Crippen LogP contribution in [0.3, 0.4) is 0 Å².